The average molecular weight is 314 g/mol. The molecule has 2 nitrogen and oxygen atoms in total. The molecule has 0 saturated carbocycles. The highest BCUT2D eigenvalue weighted by Crippen LogP contribution is 2.46. The third kappa shape index (κ3) is 5.28. The van der Waals surface area contributed by atoms with Crippen molar-refractivity contribution in [2.45, 2.75) is 37.5 Å². The molecule has 0 unspecified atom stereocenters. The number of carboxylic acid groups (broad SMARTS) is 1. The van der Waals surface area contributed by atoms with Crippen molar-refractivity contribution in [2.24, 2.45) is 0 Å². The van der Waals surface area contributed by atoms with E-state index >= 15 is 0 Å². The number of aliphatic carboxylic acids is 1. The molecular weight excluding hydrogens is 302 g/mol. The van der Waals surface area contributed by atoms with E-state index in [9.17, 15) is 31.1 Å². The summed E-state index contributed by atoms with van der Waals surface area (Å²) < 4.78 is 75.1. The lowest BCUT2D eigenvalue weighted by Crippen LogP contribution is -2.34. The van der Waals surface area contributed by atoms with E-state index in [1.54, 1.807) is 0 Å². The van der Waals surface area contributed by atoms with Crippen LogP contribution in [0.5, 0.6) is 0 Å². The van der Waals surface area contributed by atoms with E-state index in [2.05, 4.69) is 0 Å². The maximum absolute atomic E-state index is 12.5. The normalized spacial score (nSPS) is 12.7. The largest absolute Gasteiger partial charge is 0.481 e. The molecule has 1 N–H and O–H groups in total. The van der Waals surface area contributed by atoms with E-state index in [1.165, 1.54) is 0 Å². The molecule has 0 aliphatic heterocycles. The molecule has 0 amide bonds. The summed E-state index contributed by atoms with van der Waals surface area (Å²) in [4.78, 5) is 10.3. The van der Waals surface area contributed by atoms with Gasteiger partial charge in [-0.1, -0.05) is 24.3 Å². The second kappa shape index (κ2) is 6.36. The molecule has 0 aromatic heterocycles. The topological polar surface area (TPSA) is 37.3 Å². The molecule has 0 bridgehead atoms. The highest BCUT2D eigenvalue weighted by atomic mass is 19.4. The summed E-state index contributed by atoms with van der Waals surface area (Å²) in [6, 6.07) is 3.87. The van der Waals surface area contributed by atoms with Gasteiger partial charge < -0.3 is 5.11 Å². The molecule has 0 aliphatic carbocycles. The number of rotatable bonds is 5. The number of benzene rings is 1. The maximum Gasteiger partial charge on any atom is 0.404 e. The van der Waals surface area contributed by atoms with E-state index < -0.39 is 29.8 Å². The Morgan fingerprint density at radius 1 is 1.00 bits per heavy atom. The minimum absolute atomic E-state index is 0.116. The molecule has 0 radical (unpaired) electrons. The van der Waals surface area contributed by atoms with E-state index in [0.29, 0.717) is 5.56 Å². The van der Waals surface area contributed by atoms with Gasteiger partial charge in [-0.05, 0) is 24.0 Å². The molecule has 21 heavy (non-hydrogen) atoms. The van der Waals surface area contributed by atoms with Crippen molar-refractivity contribution in [3.05, 3.63) is 35.4 Å². The number of carboxylic acids is 1. The number of aryl methyl sites for hydroxylation is 1. The van der Waals surface area contributed by atoms with Crippen molar-refractivity contribution in [1.29, 1.82) is 0 Å². The molecular formula is C13H12F6O2. The monoisotopic (exact) mass is 314 g/mol. The predicted octanol–water partition coefficient (Wildman–Crippen LogP) is 4.30. The van der Waals surface area contributed by atoms with Gasteiger partial charge in [-0.2, -0.15) is 26.3 Å². The van der Waals surface area contributed by atoms with Gasteiger partial charge in [0.1, 0.15) is 0 Å². The SMILES string of the molecule is O=C(O)CCCc1ccc(C(C(F)(F)F)C(F)(F)F)cc1. The summed E-state index contributed by atoms with van der Waals surface area (Å²) in [5, 5.41) is 8.44. The fraction of sp³-hybridized carbons (Fsp3) is 0.462. The van der Waals surface area contributed by atoms with E-state index in [1.807, 2.05) is 0 Å². The van der Waals surface area contributed by atoms with Crippen molar-refractivity contribution >= 4 is 5.97 Å². The Morgan fingerprint density at radius 2 is 1.48 bits per heavy atom. The Morgan fingerprint density at radius 3 is 1.86 bits per heavy atom. The summed E-state index contributed by atoms with van der Waals surface area (Å²) in [6.45, 7) is 0. The van der Waals surface area contributed by atoms with Crippen LogP contribution in [-0.2, 0) is 11.2 Å². The Kier molecular flexibility index (Phi) is 5.25. The van der Waals surface area contributed by atoms with Crippen LogP contribution in [0.3, 0.4) is 0 Å². The minimum Gasteiger partial charge on any atom is -0.481 e. The van der Waals surface area contributed by atoms with Crippen LogP contribution in [0, 0.1) is 0 Å². The summed E-state index contributed by atoms with van der Waals surface area (Å²) >= 11 is 0. The number of hydrogen-bond acceptors (Lipinski definition) is 1. The lowest BCUT2D eigenvalue weighted by molar-refractivity contribution is -0.253. The number of hydrogen-bond donors (Lipinski definition) is 1. The summed E-state index contributed by atoms with van der Waals surface area (Å²) in [5.74, 6) is -4.53. The highest BCUT2D eigenvalue weighted by Gasteiger charge is 2.57. The van der Waals surface area contributed by atoms with Gasteiger partial charge in [0, 0.05) is 6.42 Å². The molecule has 0 atom stereocenters. The Balaban J connectivity index is 2.86. The Hall–Kier alpha value is -1.73. The first-order chi connectivity index (χ1) is 9.51. The Bertz CT molecular complexity index is 461. The molecule has 1 aromatic carbocycles. The van der Waals surface area contributed by atoms with Gasteiger partial charge in [0.25, 0.3) is 0 Å². The minimum atomic E-state index is -5.41. The molecule has 1 rings (SSSR count). The van der Waals surface area contributed by atoms with Crippen molar-refractivity contribution in [3.8, 4) is 0 Å². The van der Waals surface area contributed by atoms with Crippen LogP contribution in [0.1, 0.15) is 29.9 Å². The third-order valence-corrected chi connectivity index (χ3v) is 2.82. The molecule has 0 aliphatic rings. The standard InChI is InChI=1S/C13H12F6O2/c14-12(15,16)11(13(17,18)19)9-6-4-8(5-7-9)2-1-3-10(20)21/h4-7,11H,1-3H2,(H,20,21). The van der Waals surface area contributed by atoms with Crippen LogP contribution in [-0.4, -0.2) is 23.4 Å². The molecule has 118 valence electrons. The number of carbonyl (C=O) groups is 1. The maximum atomic E-state index is 12.5. The van der Waals surface area contributed by atoms with Crippen LogP contribution < -0.4 is 0 Å². The van der Waals surface area contributed by atoms with Crippen molar-refractivity contribution in [2.75, 3.05) is 0 Å². The fourth-order valence-corrected chi connectivity index (χ4v) is 1.88. The van der Waals surface area contributed by atoms with E-state index in [-0.39, 0.29) is 19.3 Å². The second-order valence-electron chi connectivity index (χ2n) is 4.51. The predicted molar refractivity (Wildman–Crippen MR) is 61.9 cm³/mol. The van der Waals surface area contributed by atoms with Gasteiger partial charge in [-0.25, -0.2) is 0 Å². The van der Waals surface area contributed by atoms with Gasteiger partial charge in [0.05, 0.1) is 0 Å². The smallest absolute Gasteiger partial charge is 0.404 e. The first-order valence-electron chi connectivity index (χ1n) is 5.96. The molecule has 8 heteroatoms. The number of halogens is 6. The van der Waals surface area contributed by atoms with Gasteiger partial charge in [0.15, 0.2) is 5.92 Å². The van der Waals surface area contributed by atoms with Crippen LogP contribution in [0.4, 0.5) is 26.3 Å². The average Bonchev–Trinajstić information content (AvgIpc) is 2.27. The summed E-state index contributed by atoms with van der Waals surface area (Å²) in [7, 11) is 0. The zero-order valence-electron chi connectivity index (χ0n) is 10.6. The molecule has 0 spiro atoms. The van der Waals surface area contributed by atoms with Crippen LogP contribution in [0.25, 0.3) is 0 Å². The summed E-state index contributed by atoms with van der Waals surface area (Å²) in [5.41, 5.74) is -0.389. The molecule has 0 heterocycles. The second-order valence-corrected chi connectivity index (χ2v) is 4.51. The van der Waals surface area contributed by atoms with Gasteiger partial charge in [0.2, 0.25) is 0 Å². The lowest BCUT2D eigenvalue weighted by Gasteiger charge is -2.23. The van der Waals surface area contributed by atoms with Gasteiger partial charge >= 0.3 is 18.3 Å². The zero-order valence-corrected chi connectivity index (χ0v) is 10.6. The molecule has 0 fully saturated rings. The fourth-order valence-electron chi connectivity index (χ4n) is 1.88. The highest BCUT2D eigenvalue weighted by molar-refractivity contribution is 5.66. The quantitative estimate of drug-likeness (QED) is 0.823. The van der Waals surface area contributed by atoms with Crippen molar-refractivity contribution in [3.63, 3.8) is 0 Å². The van der Waals surface area contributed by atoms with Crippen LogP contribution >= 0.6 is 0 Å². The summed E-state index contributed by atoms with van der Waals surface area (Å²) in [6.07, 6.45) is -10.4. The van der Waals surface area contributed by atoms with Crippen molar-refractivity contribution in [1.82, 2.24) is 0 Å². The zero-order chi connectivity index (χ0) is 16.3. The van der Waals surface area contributed by atoms with Crippen LogP contribution in [0.2, 0.25) is 0 Å². The molecule has 0 saturated heterocycles. The first kappa shape index (κ1) is 17.3. The lowest BCUT2D eigenvalue weighted by atomic mass is 9.96. The molecule has 1 aromatic rings. The van der Waals surface area contributed by atoms with Gasteiger partial charge in [-0.3, -0.25) is 4.79 Å². The Labute approximate surface area is 116 Å². The van der Waals surface area contributed by atoms with E-state index in [4.69, 9.17) is 5.11 Å². The third-order valence-electron chi connectivity index (χ3n) is 2.82. The van der Waals surface area contributed by atoms with E-state index in [0.717, 1.165) is 24.3 Å². The van der Waals surface area contributed by atoms with Crippen LogP contribution in [0.15, 0.2) is 24.3 Å². The van der Waals surface area contributed by atoms with Gasteiger partial charge in [-0.15, -0.1) is 0 Å². The number of alkyl halides is 6. The first-order valence-corrected chi connectivity index (χ1v) is 5.96. The van der Waals surface area contributed by atoms with Crippen molar-refractivity contribution < 1.29 is 36.2 Å².